The van der Waals surface area contributed by atoms with Gasteiger partial charge in [0.2, 0.25) is 5.91 Å². The van der Waals surface area contributed by atoms with Crippen LogP contribution in [0.4, 0.5) is 0 Å². The van der Waals surface area contributed by atoms with E-state index < -0.39 is 5.91 Å². The maximum atomic E-state index is 12.2. The fraction of sp³-hybridized carbons (Fsp3) is 0.462. The predicted molar refractivity (Wildman–Crippen MR) is 67.1 cm³/mol. The lowest BCUT2D eigenvalue weighted by Crippen LogP contribution is -2.39. The highest BCUT2D eigenvalue weighted by Gasteiger charge is 2.22. The van der Waals surface area contributed by atoms with E-state index in [4.69, 9.17) is 5.73 Å². The van der Waals surface area contributed by atoms with Crippen molar-refractivity contribution in [2.75, 3.05) is 13.1 Å². The zero-order valence-electron chi connectivity index (χ0n) is 10.4. The van der Waals surface area contributed by atoms with E-state index in [-0.39, 0.29) is 5.91 Å². The standard InChI is InChI=1S/C13H17N3O2/c1-9-3-2-6-16(8-9)13(18)11-5-4-10(7-15-11)12(14)17/h4-5,7,9H,2-3,6,8H2,1H3,(H2,14,17)/t9-/m0/s1. The maximum absolute atomic E-state index is 12.2. The number of pyridine rings is 1. The number of primary amides is 1. The zero-order valence-corrected chi connectivity index (χ0v) is 10.4. The molecule has 0 saturated carbocycles. The number of amides is 2. The van der Waals surface area contributed by atoms with E-state index in [2.05, 4.69) is 11.9 Å². The number of piperidine rings is 1. The van der Waals surface area contributed by atoms with Crippen molar-refractivity contribution in [3.63, 3.8) is 0 Å². The van der Waals surface area contributed by atoms with Gasteiger partial charge in [0.25, 0.3) is 5.91 Å². The molecule has 5 nitrogen and oxygen atoms in total. The molecule has 2 rings (SSSR count). The van der Waals surface area contributed by atoms with Gasteiger partial charge in [-0.2, -0.15) is 0 Å². The molecule has 1 aromatic heterocycles. The Kier molecular flexibility index (Phi) is 3.60. The number of rotatable bonds is 2. The van der Waals surface area contributed by atoms with Gasteiger partial charge in [0.05, 0.1) is 5.56 Å². The number of carbonyl (C=O) groups excluding carboxylic acids is 2. The third-order valence-corrected chi connectivity index (χ3v) is 3.21. The fourth-order valence-corrected chi connectivity index (χ4v) is 2.20. The van der Waals surface area contributed by atoms with E-state index in [1.165, 1.54) is 12.3 Å². The Bertz CT molecular complexity index is 456. The van der Waals surface area contributed by atoms with Crippen molar-refractivity contribution in [3.05, 3.63) is 29.6 Å². The molecule has 1 saturated heterocycles. The Labute approximate surface area is 106 Å². The summed E-state index contributed by atoms with van der Waals surface area (Å²) in [5, 5.41) is 0. The predicted octanol–water partition coefficient (Wildman–Crippen LogP) is 1.05. The van der Waals surface area contributed by atoms with E-state index in [1.54, 1.807) is 6.07 Å². The molecule has 0 aliphatic carbocycles. The van der Waals surface area contributed by atoms with Crippen molar-refractivity contribution >= 4 is 11.8 Å². The van der Waals surface area contributed by atoms with E-state index in [9.17, 15) is 9.59 Å². The first-order valence-corrected chi connectivity index (χ1v) is 6.13. The Morgan fingerprint density at radius 3 is 2.78 bits per heavy atom. The summed E-state index contributed by atoms with van der Waals surface area (Å²) in [6.07, 6.45) is 3.55. The lowest BCUT2D eigenvalue weighted by molar-refractivity contribution is 0.0676. The van der Waals surface area contributed by atoms with E-state index >= 15 is 0 Å². The second kappa shape index (κ2) is 5.16. The molecule has 1 atom stereocenters. The Balaban J connectivity index is 2.10. The molecule has 0 unspecified atom stereocenters. The van der Waals surface area contributed by atoms with Crippen LogP contribution in [0, 0.1) is 5.92 Å². The van der Waals surface area contributed by atoms with Crippen LogP contribution in [0.1, 0.15) is 40.6 Å². The fourth-order valence-electron chi connectivity index (χ4n) is 2.20. The minimum atomic E-state index is -0.534. The zero-order chi connectivity index (χ0) is 13.1. The number of nitrogens with zero attached hydrogens (tertiary/aromatic N) is 2. The molecule has 18 heavy (non-hydrogen) atoms. The van der Waals surface area contributed by atoms with Crippen molar-refractivity contribution in [1.82, 2.24) is 9.88 Å². The second-order valence-corrected chi connectivity index (χ2v) is 4.79. The summed E-state index contributed by atoms with van der Waals surface area (Å²) in [5.74, 6) is -0.0711. The summed E-state index contributed by atoms with van der Waals surface area (Å²) in [5.41, 5.74) is 5.81. The SMILES string of the molecule is C[C@H]1CCCN(C(=O)c2ccc(C(N)=O)cn2)C1. The van der Waals surface area contributed by atoms with Crippen LogP contribution in [-0.4, -0.2) is 34.8 Å². The molecule has 96 valence electrons. The van der Waals surface area contributed by atoms with Crippen molar-refractivity contribution in [2.24, 2.45) is 11.7 Å². The summed E-state index contributed by atoms with van der Waals surface area (Å²) >= 11 is 0. The minimum Gasteiger partial charge on any atom is -0.366 e. The number of nitrogens with two attached hydrogens (primary N) is 1. The average Bonchev–Trinajstić information content (AvgIpc) is 2.38. The van der Waals surface area contributed by atoms with Gasteiger partial charge in [-0.3, -0.25) is 14.6 Å². The summed E-state index contributed by atoms with van der Waals surface area (Å²) in [4.78, 5) is 28.9. The van der Waals surface area contributed by atoms with Crippen molar-refractivity contribution in [2.45, 2.75) is 19.8 Å². The van der Waals surface area contributed by atoms with Gasteiger partial charge in [-0.1, -0.05) is 6.92 Å². The monoisotopic (exact) mass is 247 g/mol. The maximum Gasteiger partial charge on any atom is 0.272 e. The third-order valence-electron chi connectivity index (χ3n) is 3.21. The van der Waals surface area contributed by atoms with Gasteiger partial charge in [-0.15, -0.1) is 0 Å². The molecule has 2 N–H and O–H groups in total. The normalized spacial score (nSPS) is 19.6. The summed E-state index contributed by atoms with van der Waals surface area (Å²) in [6, 6.07) is 3.09. The molecular formula is C13H17N3O2. The molecule has 0 bridgehead atoms. The van der Waals surface area contributed by atoms with Gasteiger partial charge >= 0.3 is 0 Å². The summed E-state index contributed by atoms with van der Waals surface area (Å²) in [7, 11) is 0. The Hall–Kier alpha value is -1.91. The van der Waals surface area contributed by atoms with Crippen LogP contribution in [0.25, 0.3) is 0 Å². The van der Waals surface area contributed by atoms with Crippen molar-refractivity contribution in [3.8, 4) is 0 Å². The lowest BCUT2D eigenvalue weighted by atomic mass is 10.00. The second-order valence-electron chi connectivity index (χ2n) is 4.79. The van der Waals surface area contributed by atoms with Crippen LogP contribution in [0.3, 0.4) is 0 Å². The third kappa shape index (κ3) is 2.67. The van der Waals surface area contributed by atoms with Gasteiger partial charge in [0, 0.05) is 19.3 Å². The molecular weight excluding hydrogens is 230 g/mol. The Morgan fingerprint density at radius 1 is 1.44 bits per heavy atom. The molecule has 5 heteroatoms. The highest BCUT2D eigenvalue weighted by atomic mass is 16.2. The van der Waals surface area contributed by atoms with Gasteiger partial charge in [0.15, 0.2) is 0 Å². The summed E-state index contributed by atoms with van der Waals surface area (Å²) in [6.45, 7) is 3.70. The van der Waals surface area contributed by atoms with Crippen LogP contribution in [-0.2, 0) is 0 Å². The highest BCUT2D eigenvalue weighted by Crippen LogP contribution is 2.17. The lowest BCUT2D eigenvalue weighted by Gasteiger charge is -2.30. The molecule has 1 fully saturated rings. The van der Waals surface area contributed by atoms with Gasteiger partial charge in [-0.05, 0) is 30.9 Å². The first-order valence-electron chi connectivity index (χ1n) is 6.13. The molecule has 1 aliphatic heterocycles. The van der Waals surface area contributed by atoms with Crippen molar-refractivity contribution < 1.29 is 9.59 Å². The molecule has 0 spiro atoms. The average molecular weight is 247 g/mol. The molecule has 1 aromatic rings. The van der Waals surface area contributed by atoms with Gasteiger partial charge in [0.1, 0.15) is 5.69 Å². The molecule has 1 aliphatic rings. The molecule has 2 amide bonds. The minimum absolute atomic E-state index is 0.0717. The quantitative estimate of drug-likeness (QED) is 0.848. The van der Waals surface area contributed by atoms with Crippen LogP contribution >= 0.6 is 0 Å². The van der Waals surface area contributed by atoms with Crippen molar-refractivity contribution in [1.29, 1.82) is 0 Å². The number of hydrogen-bond acceptors (Lipinski definition) is 3. The van der Waals surface area contributed by atoms with Crippen LogP contribution < -0.4 is 5.73 Å². The van der Waals surface area contributed by atoms with E-state index in [0.717, 1.165) is 25.9 Å². The van der Waals surface area contributed by atoms with Gasteiger partial charge in [-0.25, -0.2) is 0 Å². The number of likely N-dealkylation sites (tertiary alicyclic amines) is 1. The first-order chi connectivity index (χ1) is 8.58. The van der Waals surface area contributed by atoms with Crippen LogP contribution in [0.5, 0.6) is 0 Å². The van der Waals surface area contributed by atoms with E-state index in [1.807, 2.05) is 4.90 Å². The largest absolute Gasteiger partial charge is 0.366 e. The van der Waals surface area contributed by atoms with Gasteiger partial charge < -0.3 is 10.6 Å². The Morgan fingerprint density at radius 2 is 2.22 bits per heavy atom. The molecule has 2 heterocycles. The molecule has 0 aromatic carbocycles. The topological polar surface area (TPSA) is 76.3 Å². The first kappa shape index (κ1) is 12.5. The highest BCUT2D eigenvalue weighted by molar-refractivity contribution is 5.95. The number of hydrogen-bond donors (Lipinski definition) is 1. The van der Waals surface area contributed by atoms with Crippen LogP contribution in [0.15, 0.2) is 18.3 Å². The number of carbonyl (C=O) groups is 2. The smallest absolute Gasteiger partial charge is 0.272 e. The van der Waals surface area contributed by atoms with Crippen LogP contribution in [0.2, 0.25) is 0 Å². The summed E-state index contributed by atoms with van der Waals surface area (Å²) < 4.78 is 0. The molecule has 0 radical (unpaired) electrons. The van der Waals surface area contributed by atoms with E-state index in [0.29, 0.717) is 17.2 Å². The number of aromatic nitrogens is 1.